The van der Waals surface area contributed by atoms with Crippen LogP contribution in [0.15, 0.2) is 30.5 Å². The van der Waals surface area contributed by atoms with Crippen LogP contribution >= 0.6 is 0 Å². The maximum atomic E-state index is 13.4. The topological polar surface area (TPSA) is 125 Å². The average molecular weight is 509 g/mol. The summed E-state index contributed by atoms with van der Waals surface area (Å²) < 4.78 is 41.3. The minimum absolute atomic E-state index is 0.225. The Balaban J connectivity index is 1.44. The van der Waals surface area contributed by atoms with E-state index in [1.165, 1.54) is 18.3 Å². The molecule has 10 nitrogen and oxygen atoms in total. The molecule has 2 amide bonds. The number of anilines is 1. The van der Waals surface area contributed by atoms with Crippen LogP contribution in [0, 0.1) is 5.92 Å². The van der Waals surface area contributed by atoms with Crippen LogP contribution in [0.25, 0.3) is 0 Å². The number of halogens is 3. The second-order valence-electron chi connectivity index (χ2n) is 9.00. The number of carbonyl (C=O) groups is 3. The lowest BCUT2D eigenvalue weighted by Crippen LogP contribution is -2.49. The van der Waals surface area contributed by atoms with Gasteiger partial charge in [0.1, 0.15) is 0 Å². The first-order valence-corrected chi connectivity index (χ1v) is 11.6. The van der Waals surface area contributed by atoms with Crippen molar-refractivity contribution in [2.24, 2.45) is 11.7 Å². The SMILES string of the molecule is NC(=O)C1CCN(c2cc(C(F)(F)F)ccc2CN2CCN(C(=O)n3ccc(C(=O)O)n3)CC2)CC1. The zero-order chi connectivity index (χ0) is 26.0. The molecule has 1 aromatic heterocycles. The molecule has 2 aromatic rings. The van der Waals surface area contributed by atoms with Gasteiger partial charge in [-0.05, 0) is 36.6 Å². The van der Waals surface area contributed by atoms with Gasteiger partial charge in [-0.25, -0.2) is 9.59 Å². The second-order valence-corrected chi connectivity index (χ2v) is 9.00. The first-order chi connectivity index (χ1) is 17.0. The van der Waals surface area contributed by atoms with Crippen molar-refractivity contribution < 1.29 is 32.7 Å². The molecule has 2 aliphatic heterocycles. The molecule has 2 fully saturated rings. The number of hydrogen-bond acceptors (Lipinski definition) is 6. The number of rotatable bonds is 5. The number of carboxylic acids is 1. The van der Waals surface area contributed by atoms with Crippen molar-refractivity contribution in [3.63, 3.8) is 0 Å². The van der Waals surface area contributed by atoms with E-state index >= 15 is 0 Å². The molecule has 194 valence electrons. The fourth-order valence-corrected chi connectivity index (χ4v) is 4.60. The maximum absolute atomic E-state index is 13.4. The molecule has 4 rings (SSSR count). The summed E-state index contributed by atoms with van der Waals surface area (Å²) in [5, 5.41) is 12.8. The Kier molecular flexibility index (Phi) is 7.20. The average Bonchev–Trinajstić information content (AvgIpc) is 3.34. The minimum Gasteiger partial charge on any atom is -0.476 e. The van der Waals surface area contributed by atoms with Crippen molar-refractivity contribution in [3.05, 3.63) is 47.3 Å². The molecule has 0 bridgehead atoms. The van der Waals surface area contributed by atoms with Crippen LogP contribution in [-0.2, 0) is 17.5 Å². The van der Waals surface area contributed by atoms with Gasteiger partial charge >= 0.3 is 18.2 Å². The zero-order valence-corrected chi connectivity index (χ0v) is 19.4. The van der Waals surface area contributed by atoms with Gasteiger partial charge in [-0.2, -0.15) is 23.0 Å². The number of nitrogens with two attached hydrogens (primary N) is 1. The molecule has 2 saturated heterocycles. The number of benzene rings is 1. The normalized spacial score (nSPS) is 17.9. The fraction of sp³-hybridized carbons (Fsp3) is 0.478. The Bertz CT molecular complexity index is 1140. The van der Waals surface area contributed by atoms with Crippen LogP contribution in [0.3, 0.4) is 0 Å². The quantitative estimate of drug-likeness (QED) is 0.634. The van der Waals surface area contributed by atoms with Crippen LogP contribution in [0.1, 0.15) is 34.5 Å². The smallest absolute Gasteiger partial charge is 0.416 e. The van der Waals surface area contributed by atoms with Gasteiger partial charge < -0.3 is 20.6 Å². The Morgan fingerprint density at radius 3 is 2.25 bits per heavy atom. The van der Waals surface area contributed by atoms with Crippen molar-refractivity contribution in [2.75, 3.05) is 44.2 Å². The number of aromatic carboxylic acids is 1. The highest BCUT2D eigenvalue weighted by Gasteiger charge is 2.33. The van der Waals surface area contributed by atoms with E-state index < -0.39 is 23.7 Å². The molecular formula is C23H27F3N6O4. The van der Waals surface area contributed by atoms with E-state index in [9.17, 15) is 27.6 Å². The van der Waals surface area contributed by atoms with E-state index in [0.29, 0.717) is 64.3 Å². The zero-order valence-electron chi connectivity index (χ0n) is 19.4. The van der Waals surface area contributed by atoms with Crippen molar-refractivity contribution in [3.8, 4) is 0 Å². The third-order valence-electron chi connectivity index (χ3n) is 6.69. The minimum atomic E-state index is -4.47. The van der Waals surface area contributed by atoms with Gasteiger partial charge in [-0.3, -0.25) is 9.69 Å². The fourth-order valence-electron chi connectivity index (χ4n) is 4.60. The lowest BCUT2D eigenvalue weighted by molar-refractivity contribution is -0.137. The van der Waals surface area contributed by atoms with E-state index in [1.54, 1.807) is 4.90 Å². The summed E-state index contributed by atoms with van der Waals surface area (Å²) in [4.78, 5) is 40.6. The summed E-state index contributed by atoms with van der Waals surface area (Å²) in [5.74, 6) is -1.89. The molecule has 1 aromatic carbocycles. The molecule has 0 unspecified atom stereocenters. The molecule has 0 spiro atoms. The van der Waals surface area contributed by atoms with Crippen molar-refractivity contribution in [1.82, 2.24) is 19.6 Å². The number of primary amides is 1. The number of nitrogens with zero attached hydrogens (tertiary/aromatic N) is 5. The highest BCUT2D eigenvalue weighted by Crippen LogP contribution is 2.35. The number of alkyl halides is 3. The van der Waals surface area contributed by atoms with E-state index in [-0.39, 0.29) is 17.5 Å². The summed E-state index contributed by atoms with van der Waals surface area (Å²) in [6.07, 6.45) is -2.20. The molecule has 0 saturated carbocycles. The summed E-state index contributed by atoms with van der Waals surface area (Å²) in [5.41, 5.74) is 5.67. The third-order valence-corrected chi connectivity index (χ3v) is 6.69. The van der Waals surface area contributed by atoms with Crippen LogP contribution in [0.2, 0.25) is 0 Å². The molecule has 3 N–H and O–H groups in total. The number of aromatic nitrogens is 2. The van der Waals surface area contributed by atoms with Gasteiger partial charge in [-0.15, -0.1) is 0 Å². The van der Waals surface area contributed by atoms with Gasteiger partial charge in [0.05, 0.1) is 5.56 Å². The monoisotopic (exact) mass is 508 g/mol. The van der Waals surface area contributed by atoms with E-state index in [1.807, 2.05) is 4.90 Å². The highest BCUT2D eigenvalue weighted by atomic mass is 19.4. The molecule has 3 heterocycles. The largest absolute Gasteiger partial charge is 0.476 e. The van der Waals surface area contributed by atoms with Crippen molar-refractivity contribution >= 4 is 23.6 Å². The summed E-state index contributed by atoms with van der Waals surface area (Å²) in [6.45, 7) is 2.98. The summed E-state index contributed by atoms with van der Waals surface area (Å²) >= 11 is 0. The van der Waals surface area contributed by atoms with Gasteiger partial charge in [0.25, 0.3) is 0 Å². The molecule has 0 radical (unpaired) electrons. The van der Waals surface area contributed by atoms with Gasteiger partial charge in [0.2, 0.25) is 5.91 Å². The maximum Gasteiger partial charge on any atom is 0.416 e. The van der Waals surface area contributed by atoms with Crippen LogP contribution in [0.5, 0.6) is 0 Å². The first-order valence-electron chi connectivity index (χ1n) is 11.6. The number of amides is 2. The highest BCUT2D eigenvalue weighted by molar-refractivity contribution is 5.86. The predicted octanol–water partition coefficient (Wildman–Crippen LogP) is 2.09. The first kappa shape index (κ1) is 25.5. The molecule has 13 heteroatoms. The van der Waals surface area contributed by atoms with Crippen LogP contribution in [-0.4, -0.2) is 81.9 Å². The number of carboxylic acid groups (broad SMARTS) is 1. The molecule has 2 aliphatic rings. The molecule has 0 atom stereocenters. The van der Waals surface area contributed by atoms with E-state index in [4.69, 9.17) is 10.8 Å². The Hall–Kier alpha value is -3.61. The number of piperazine rings is 1. The van der Waals surface area contributed by atoms with Crippen LogP contribution < -0.4 is 10.6 Å². The Morgan fingerprint density at radius 1 is 1.03 bits per heavy atom. The Morgan fingerprint density at radius 2 is 1.69 bits per heavy atom. The second kappa shape index (κ2) is 10.2. The Labute approximate surface area is 205 Å². The lowest BCUT2D eigenvalue weighted by atomic mass is 9.95. The molecule has 0 aliphatic carbocycles. The standard InChI is InChI=1S/C23H27F3N6O4/c24-23(25,26)17-2-1-16(19(13-17)30-6-3-15(4-7-30)20(27)33)14-29-9-11-31(12-10-29)22(36)32-8-5-18(28-32)21(34)35/h1-2,5,8,13,15H,3-4,6-7,9-12,14H2,(H2,27,33)(H,34,35). The van der Waals surface area contributed by atoms with E-state index in [0.717, 1.165) is 22.4 Å². The van der Waals surface area contributed by atoms with Gasteiger partial charge in [0, 0.05) is 63.6 Å². The number of carbonyl (C=O) groups excluding carboxylic acids is 2. The van der Waals surface area contributed by atoms with Crippen LogP contribution in [0.4, 0.5) is 23.7 Å². The van der Waals surface area contributed by atoms with Crippen molar-refractivity contribution in [1.29, 1.82) is 0 Å². The lowest BCUT2D eigenvalue weighted by Gasteiger charge is -2.37. The predicted molar refractivity (Wildman–Crippen MR) is 122 cm³/mol. The molecule has 36 heavy (non-hydrogen) atoms. The number of piperidine rings is 1. The summed E-state index contributed by atoms with van der Waals surface area (Å²) in [7, 11) is 0. The van der Waals surface area contributed by atoms with Gasteiger partial charge in [0.15, 0.2) is 5.69 Å². The van der Waals surface area contributed by atoms with Gasteiger partial charge in [-0.1, -0.05) is 6.07 Å². The van der Waals surface area contributed by atoms with Crippen molar-refractivity contribution in [2.45, 2.75) is 25.6 Å². The number of hydrogen-bond donors (Lipinski definition) is 2. The summed E-state index contributed by atoms with van der Waals surface area (Å²) in [6, 6.07) is 4.54. The third kappa shape index (κ3) is 5.61. The molecular weight excluding hydrogens is 481 g/mol. The van der Waals surface area contributed by atoms with E-state index in [2.05, 4.69) is 10.00 Å².